The lowest BCUT2D eigenvalue weighted by molar-refractivity contribution is 0.536. The third-order valence-electron chi connectivity index (χ3n) is 3.40. The molecule has 128 valence electrons. The van der Waals surface area contributed by atoms with Crippen LogP contribution < -0.4 is 10.6 Å². The number of halogens is 1. The Morgan fingerprint density at radius 2 is 2.09 bits per heavy atom. The highest BCUT2D eigenvalue weighted by atomic mass is 127. The van der Waals surface area contributed by atoms with Crippen molar-refractivity contribution >= 4 is 29.9 Å². The first kappa shape index (κ1) is 21.1. The fourth-order valence-corrected chi connectivity index (χ4v) is 2.12. The Hall–Kier alpha value is -0.860. The van der Waals surface area contributed by atoms with Crippen LogP contribution in [0.15, 0.2) is 11.3 Å². The van der Waals surface area contributed by atoms with Crippen LogP contribution in [-0.4, -0.2) is 33.3 Å². The maximum Gasteiger partial charge on any atom is 0.191 e. The van der Waals surface area contributed by atoms with Crippen molar-refractivity contribution in [1.82, 2.24) is 25.4 Å². The predicted octanol–water partition coefficient (Wildman–Crippen LogP) is 2.85. The summed E-state index contributed by atoms with van der Waals surface area (Å²) in [6, 6.07) is 0.430. The molecule has 0 bridgehead atoms. The standard InChI is InChI=1S/C15H30N6.HI/c1-5-7-8-9-10-13(3)20-15(16-6-2)17-11-14-18-12-19-21(14)4;/h12-13H,5-11H2,1-4H3,(H2,16,17,20);1H. The van der Waals surface area contributed by atoms with Crippen LogP contribution in [0.4, 0.5) is 0 Å². The molecule has 1 atom stereocenters. The van der Waals surface area contributed by atoms with Gasteiger partial charge in [0.1, 0.15) is 18.7 Å². The molecule has 1 aromatic heterocycles. The molecule has 2 N–H and O–H groups in total. The SMILES string of the molecule is CCCCCCC(C)NC(=NCc1ncnn1C)NCC.I. The zero-order chi connectivity index (χ0) is 15.5. The van der Waals surface area contributed by atoms with Crippen LogP contribution >= 0.6 is 24.0 Å². The summed E-state index contributed by atoms with van der Waals surface area (Å²) in [6.07, 6.45) is 7.92. The summed E-state index contributed by atoms with van der Waals surface area (Å²) in [7, 11) is 1.88. The summed E-state index contributed by atoms with van der Waals surface area (Å²) in [5.74, 6) is 1.71. The van der Waals surface area contributed by atoms with Crippen molar-refractivity contribution in [3.63, 3.8) is 0 Å². The molecule has 1 heterocycles. The van der Waals surface area contributed by atoms with E-state index in [0.29, 0.717) is 12.6 Å². The average molecular weight is 422 g/mol. The highest BCUT2D eigenvalue weighted by Gasteiger charge is 2.06. The Bertz CT molecular complexity index is 418. The van der Waals surface area contributed by atoms with E-state index in [-0.39, 0.29) is 24.0 Å². The van der Waals surface area contributed by atoms with E-state index in [9.17, 15) is 0 Å². The van der Waals surface area contributed by atoms with Gasteiger partial charge in [-0.25, -0.2) is 9.98 Å². The fraction of sp³-hybridized carbons (Fsp3) is 0.800. The molecule has 0 fully saturated rings. The van der Waals surface area contributed by atoms with Crippen LogP contribution in [0.3, 0.4) is 0 Å². The Morgan fingerprint density at radius 3 is 2.68 bits per heavy atom. The van der Waals surface area contributed by atoms with Crippen molar-refractivity contribution in [2.75, 3.05) is 6.54 Å². The molecule has 0 amide bonds. The minimum absolute atomic E-state index is 0. The van der Waals surface area contributed by atoms with Crippen LogP contribution in [0.2, 0.25) is 0 Å². The number of nitrogens with one attached hydrogen (secondary N) is 2. The Balaban J connectivity index is 0.00000441. The number of nitrogens with zero attached hydrogens (tertiary/aromatic N) is 4. The van der Waals surface area contributed by atoms with E-state index < -0.39 is 0 Å². The molecule has 0 aliphatic heterocycles. The average Bonchev–Trinajstić information content (AvgIpc) is 2.87. The summed E-state index contributed by atoms with van der Waals surface area (Å²) < 4.78 is 1.75. The molecule has 0 saturated carbocycles. The second kappa shape index (κ2) is 12.7. The van der Waals surface area contributed by atoms with Gasteiger partial charge in [0.15, 0.2) is 5.96 Å². The van der Waals surface area contributed by atoms with Gasteiger partial charge in [0.05, 0.1) is 0 Å². The fourth-order valence-electron chi connectivity index (χ4n) is 2.12. The Labute approximate surface area is 151 Å². The van der Waals surface area contributed by atoms with Crippen LogP contribution in [0.1, 0.15) is 58.7 Å². The maximum absolute atomic E-state index is 4.57. The van der Waals surface area contributed by atoms with Gasteiger partial charge in [0, 0.05) is 19.6 Å². The Kier molecular flexibility index (Phi) is 12.2. The third kappa shape index (κ3) is 8.55. The first-order valence-corrected chi connectivity index (χ1v) is 8.05. The van der Waals surface area contributed by atoms with E-state index >= 15 is 0 Å². The second-order valence-electron chi connectivity index (χ2n) is 5.39. The van der Waals surface area contributed by atoms with Gasteiger partial charge in [-0.1, -0.05) is 32.6 Å². The Morgan fingerprint density at radius 1 is 1.32 bits per heavy atom. The lowest BCUT2D eigenvalue weighted by atomic mass is 10.1. The number of guanidine groups is 1. The van der Waals surface area contributed by atoms with E-state index in [1.165, 1.54) is 32.1 Å². The number of rotatable bonds is 9. The zero-order valence-corrected chi connectivity index (χ0v) is 16.6. The van der Waals surface area contributed by atoms with Gasteiger partial charge in [0.25, 0.3) is 0 Å². The summed E-state index contributed by atoms with van der Waals surface area (Å²) in [5, 5.41) is 10.8. The van der Waals surface area contributed by atoms with Crippen LogP contribution in [0.5, 0.6) is 0 Å². The first-order chi connectivity index (χ1) is 10.2. The zero-order valence-electron chi connectivity index (χ0n) is 14.3. The normalized spacial score (nSPS) is 12.6. The minimum atomic E-state index is 0. The number of unbranched alkanes of at least 4 members (excludes halogenated alkanes) is 3. The number of hydrogen-bond donors (Lipinski definition) is 2. The third-order valence-corrected chi connectivity index (χ3v) is 3.40. The molecule has 0 aromatic carbocycles. The quantitative estimate of drug-likeness (QED) is 0.278. The van der Waals surface area contributed by atoms with E-state index in [1.54, 1.807) is 11.0 Å². The summed E-state index contributed by atoms with van der Waals surface area (Å²) in [6.45, 7) is 7.91. The molecular formula is C15H31IN6. The van der Waals surface area contributed by atoms with E-state index in [4.69, 9.17) is 0 Å². The topological polar surface area (TPSA) is 67.1 Å². The van der Waals surface area contributed by atoms with Gasteiger partial charge in [-0.15, -0.1) is 24.0 Å². The van der Waals surface area contributed by atoms with Crippen LogP contribution in [-0.2, 0) is 13.6 Å². The second-order valence-corrected chi connectivity index (χ2v) is 5.39. The van der Waals surface area contributed by atoms with E-state index in [2.05, 4.69) is 46.5 Å². The molecule has 22 heavy (non-hydrogen) atoms. The predicted molar refractivity (Wildman–Crippen MR) is 103 cm³/mol. The van der Waals surface area contributed by atoms with Crippen molar-refractivity contribution in [3.05, 3.63) is 12.2 Å². The molecular weight excluding hydrogens is 391 g/mol. The smallest absolute Gasteiger partial charge is 0.191 e. The molecule has 0 aliphatic carbocycles. The van der Waals surface area contributed by atoms with E-state index in [0.717, 1.165) is 18.3 Å². The van der Waals surface area contributed by atoms with Gasteiger partial charge in [0.2, 0.25) is 0 Å². The van der Waals surface area contributed by atoms with Crippen molar-refractivity contribution < 1.29 is 0 Å². The lowest BCUT2D eigenvalue weighted by Crippen LogP contribution is -2.42. The van der Waals surface area contributed by atoms with Crippen molar-refractivity contribution in [2.24, 2.45) is 12.0 Å². The van der Waals surface area contributed by atoms with Crippen molar-refractivity contribution in [3.8, 4) is 0 Å². The number of aliphatic imine (C=N–C) groups is 1. The first-order valence-electron chi connectivity index (χ1n) is 8.05. The maximum atomic E-state index is 4.57. The summed E-state index contributed by atoms with van der Waals surface area (Å²) in [5.41, 5.74) is 0. The number of aromatic nitrogens is 3. The largest absolute Gasteiger partial charge is 0.357 e. The molecule has 0 saturated heterocycles. The highest BCUT2D eigenvalue weighted by molar-refractivity contribution is 14.0. The van der Waals surface area contributed by atoms with Gasteiger partial charge in [-0.2, -0.15) is 5.10 Å². The molecule has 0 radical (unpaired) electrons. The highest BCUT2D eigenvalue weighted by Crippen LogP contribution is 2.05. The van der Waals surface area contributed by atoms with Gasteiger partial charge in [-0.3, -0.25) is 4.68 Å². The molecule has 1 unspecified atom stereocenters. The summed E-state index contributed by atoms with van der Waals surface area (Å²) >= 11 is 0. The van der Waals surface area contributed by atoms with Crippen molar-refractivity contribution in [2.45, 2.75) is 65.5 Å². The molecule has 1 rings (SSSR count). The lowest BCUT2D eigenvalue weighted by Gasteiger charge is -2.17. The van der Waals surface area contributed by atoms with Gasteiger partial charge < -0.3 is 10.6 Å². The van der Waals surface area contributed by atoms with E-state index in [1.807, 2.05) is 7.05 Å². The number of hydrogen-bond acceptors (Lipinski definition) is 3. The molecule has 1 aromatic rings. The molecule has 0 spiro atoms. The van der Waals surface area contributed by atoms with Gasteiger partial charge in [-0.05, 0) is 20.3 Å². The van der Waals surface area contributed by atoms with Crippen LogP contribution in [0, 0.1) is 0 Å². The van der Waals surface area contributed by atoms with Gasteiger partial charge >= 0.3 is 0 Å². The van der Waals surface area contributed by atoms with Crippen molar-refractivity contribution in [1.29, 1.82) is 0 Å². The number of aryl methyl sites for hydroxylation is 1. The summed E-state index contributed by atoms with van der Waals surface area (Å²) in [4.78, 5) is 8.76. The molecule has 0 aliphatic rings. The minimum Gasteiger partial charge on any atom is -0.357 e. The molecule has 7 heteroatoms. The monoisotopic (exact) mass is 422 g/mol. The van der Waals surface area contributed by atoms with Crippen LogP contribution in [0.25, 0.3) is 0 Å². The molecule has 6 nitrogen and oxygen atoms in total.